The number of hydrogen-bond donors (Lipinski definition) is 2. The molecule has 0 saturated carbocycles. The van der Waals surface area contributed by atoms with Crippen molar-refractivity contribution in [2.75, 3.05) is 5.32 Å². The number of nitrogens with zero attached hydrogens (tertiary/aromatic N) is 3. The summed E-state index contributed by atoms with van der Waals surface area (Å²) in [4.78, 5) is 41.5. The van der Waals surface area contributed by atoms with E-state index < -0.39 is 43.4 Å². The normalized spacial score (nSPS) is 10.2. The van der Waals surface area contributed by atoms with Crippen LogP contribution in [-0.2, 0) is 0 Å². The van der Waals surface area contributed by atoms with Crippen LogP contribution < -0.4 is 5.32 Å². The predicted octanol–water partition coefficient (Wildman–Crippen LogP) is 3.51. The highest BCUT2D eigenvalue weighted by Gasteiger charge is 2.28. The molecule has 26 heavy (non-hydrogen) atoms. The van der Waals surface area contributed by atoms with Crippen molar-refractivity contribution in [3.63, 3.8) is 0 Å². The van der Waals surface area contributed by atoms with Gasteiger partial charge in [-0.3, -0.25) is 30.3 Å². The molecule has 13 heteroatoms. The molecule has 2 aromatic carbocycles. The van der Waals surface area contributed by atoms with Crippen LogP contribution in [0.1, 0.15) is 10.4 Å². The second-order valence-electron chi connectivity index (χ2n) is 4.75. The van der Waals surface area contributed by atoms with Gasteiger partial charge in [-0.25, -0.2) is 4.79 Å². The van der Waals surface area contributed by atoms with Crippen LogP contribution in [0.15, 0.2) is 30.3 Å². The number of nitro groups is 3. The molecular weight excluding hydrogens is 376 g/mol. The molecule has 0 aromatic heterocycles. The molecule has 134 valence electrons. The van der Waals surface area contributed by atoms with E-state index in [1.54, 1.807) is 0 Å². The number of halogens is 1. The molecule has 0 amide bonds. The third-order valence-electron chi connectivity index (χ3n) is 3.16. The zero-order chi connectivity index (χ0) is 19.6. The van der Waals surface area contributed by atoms with Gasteiger partial charge in [0, 0.05) is 18.2 Å². The predicted molar refractivity (Wildman–Crippen MR) is 88.1 cm³/mol. The van der Waals surface area contributed by atoms with Crippen molar-refractivity contribution in [3.05, 3.63) is 71.3 Å². The van der Waals surface area contributed by atoms with Crippen molar-refractivity contribution in [2.24, 2.45) is 0 Å². The highest BCUT2D eigenvalue weighted by atomic mass is 35.5. The van der Waals surface area contributed by atoms with Crippen LogP contribution in [0.2, 0.25) is 5.02 Å². The highest BCUT2D eigenvalue weighted by Crippen LogP contribution is 2.38. The quantitative estimate of drug-likeness (QED) is 0.558. The van der Waals surface area contributed by atoms with Gasteiger partial charge in [0.1, 0.15) is 5.69 Å². The number of non-ortho nitro benzene ring substituents is 2. The number of rotatable bonds is 6. The molecule has 0 heterocycles. The summed E-state index contributed by atoms with van der Waals surface area (Å²) in [5.41, 5.74) is -3.35. The van der Waals surface area contributed by atoms with Crippen LogP contribution in [0.4, 0.5) is 28.4 Å². The van der Waals surface area contributed by atoms with Crippen molar-refractivity contribution in [2.45, 2.75) is 0 Å². The van der Waals surface area contributed by atoms with Gasteiger partial charge in [-0.1, -0.05) is 11.6 Å². The molecular formula is C13H7ClN4O8. The summed E-state index contributed by atoms with van der Waals surface area (Å²) in [5, 5.41) is 44.2. The summed E-state index contributed by atoms with van der Waals surface area (Å²) in [6, 6.07) is 4.37. The Morgan fingerprint density at radius 1 is 0.962 bits per heavy atom. The maximum atomic E-state index is 11.4. The van der Waals surface area contributed by atoms with Crippen molar-refractivity contribution in [1.29, 1.82) is 0 Å². The zero-order valence-corrected chi connectivity index (χ0v) is 13.2. The number of nitro benzene ring substituents is 3. The average Bonchev–Trinajstić information content (AvgIpc) is 2.55. The Morgan fingerprint density at radius 2 is 1.58 bits per heavy atom. The van der Waals surface area contributed by atoms with E-state index in [2.05, 4.69) is 5.32 Å². The first-order valence-electron chi connectivity index (χ1n) is 6.53. The molecule has 0 aliphatic rings. The monoisotopic (exact) mass is 382 g/mol. The van der Waals surface area contributed by atoms with Crippen molar-refractivity contribution >= 4 is 46.0 Å². The second kappa shape index (κ2) is 6.98. The van der Waals surface area contributed by atoms with Gasteiger partial charge in [-0.15, -0.1) is 0 Å². The summed E-state index contributed by atoms with van der Waals surface area (Å²) in [6.07, 6.45) is 0. The van der Waals surface area contributed by atoms with Gasteiger partial charge in [0.2, 0.25) is 0 Å². The lowest BCUT2D eigenvalue weighted by atomic mass is 10.1. The first kappa shape index (κ1) is 18.5. The first-order valence-corrected chi connectivity index (χ1v) is 6.90. The van der Waals surface area contributed by atoms with E-state index in [0.29, 0.717) is 12.1 Å². The Kier molecular flexibility index (Phi) is 4.98. The number of carboxylic acid groups (broad SMARTS) is 1. The maximum Gasteiger partial charge on any atom is 0.338 e. The highest BCUT2D eigenvalue weighted by molar-refractivity contribution is 6.33. The fourth-order valence-corrected chi connectivity index (χ4v) is 2.24. The Bertz CT molecular complexity index is 926. The van der Waals surface area contributed by atoms with E-state index in [-0.39, 0.29) is 16.4 Å². The van der Waals surface area contributed by atoms with E-state index in [4.69, 9.17) is 11.6 Å². The van der Waals surface area contributed by atoms with Crippen LogP contribution in [0.25, 0.3) is 0 Å². The van der Waals surface area contributed by atoms with E-state index in [1.807, 2.05) is 0 Å². The molecule has 0 radical (unpaired) electrons. The molecule has 0 unspecified atom stereocenters. The lowest BCUT2D eigenvalue weighted by molar-refractivity contribution is -0.393. The summed E-state index contributed by atoms with van der Waals surface area (Å²) in [6.45, 7) is 0. The minimum Gasteiger partial charge on any atom is -0.478 e. The lowest BCUT2D eigenvalue weighted by Gasteiger charge is -2.11. The number of aromatic carboxylic acids is 1. The zero-order valence-electron chi connectivity index (χ0n) is 12.4. The fourth-order valence-electron chi connectivity index (χ4n) is 2.02. The van der Waals surface area contributed by atoms with E-state index in [0.717, 1.165) is 18.2 Å². The molecule has 0 aliphatic heterocycles. The van der Waals surface area contributed by atoms with Crippen molar-refractivity contribution in [3.8, 4) is 0 Å². The molecule has 2 rings (SSSR count). The van der Waals surface area contributed by atoms with Gasteiger partial charge < -0.3 is 10.4 Å². The Balaban J connectivity index is 2.65. The topological polar surface area (TPSA) is 179 Å². The van der Waals surface area contributed by atoms with Gasteiger partial charge in [0.05, 0.1) is 37.1 Å². The standard InChI is InChI=1S/C13H7ClN4O8/c14-9-4-6(16(21)22)1-2-10(9)15-12-8(13(19)20)3-7(17(23)24)5-11(12)18(25)26/h1-5,15H,(H,19,20). The molecule has 12 nitrogen and oxygen atoms in total. The van der Waals surface area contributed by atoms with Gasteiger partial charge in [0.15, 0.2) is 0 Å². The molecule has 0 fully saturated rings. The third kappa shape index (κ3) is 3.64. The smallest absolute Gasteiger partial charge is 0.338 e. The molecule has 0 aliphatic carbocycles. The average molecular weight is 383 g/mol. The van der Waals surface area contributed by atoms with E-state index >= 15 is 0 Å². The Hall–Kier alpha value is -3.80. The minimum absolute atomic E-state index is 0.0586. The van der Waals surface area contributed by atoms with Crippen LogP contribution >= 0.6 is 11.6 Å². The third-order valence-corrected chi connectivity index (χ3v) is 3.48. The van der Waals surface area contributed by atoms with Crippen LogP contribution in [0, 0.1) is 30.3 Å². The maximum absolute atomic E-state index is 11.4. The van der Waals surface area contributed by atoms with Gasteiger partial charge in [-0.2, -0.15) is 0 Å². The summed E-state index contributed by atoms with van der Waals surface area (Å²) < 4.78 is 0. The van der Waals surface area contributed by atoms with Gasteiger partial charge in [-0.05, 0) is 6.07 Å². The minimum atomic E-state index is -1.66. The lowest BCUT2D eigenvalue weighted by Crippen LogP contribution is -2.07. The van der Waals surface area contributed by atoms with Gasteiger partial charge in [0.25, 0.3) is 17.1 Å². The summed E-state index contributed by atoms with van der Waals surface area (Å²) >= 11 is 5.88. The van der Waals surface area contributed by atoms with Crippen LogP contribution in [0.3, 0.4) is 0 Å². The van der Waals surface area contributed by atoms with Crippen LogP contribution in [-0.4, -0.2) is 25.8 Å². The Morgan fingerprint density at radius 3 is 2.04 bits per heavy atom. The molecule has 0 bridgehead atoms. The van der Waals surface area contributed by atoms with E-state index in [1.165, 1.54) is 0 Å². The summed E-state index contributed by atoms with van der Waals surface area (Å²) in [5.74, 6) is -1.66. The number of hydrogen-bond acceptors (Lipinski definition) is 8. The molecule has 0 atom stereocenters. The largest absolute Gasteiger partial charge is 0.478 e. The second-order valence-corrected chi connectivity index (χ2v) is 5.16. The fraction of sp³-hybridized carbons (Fsp3) is 0. The Labute approximate surface area is 148 Å². The number of anilines is 2. The number of nitrogens with one attached hydrogen (secondary N) is 1. The van der Waals surface area contributed by atoms with Crippen molar-refractivity contribution < 1.29 is 24.7 Å². The summed E-state index contributed by atoms with van der Waals surface area (Å²) in [7, 11) is 0. The SMILES string of the molecule is O=C(O)c1cc([N+](=O)[O-])cc([N+](=O)[O-])c1Nc1ccc([N+](=O)[O-])cc1Cl. The molecule has 2 N–H and O–H groups in total. The molecule has 0 spiro atoms. The number of benzene rings is 2. The van der Waals surface area contributed by atoms with Gasteiger partial charge >= 0.3 is 5.97 Å². The van der Waals surface area contributed by atoms with Crippen molar-refractivity contribution in [1.82, 2.24) is 0 Å². The number of carbonyl (C=O) groups is 1. The van der Waals surface area contributed by atoms with Crippen LogP contribution in [0.5, 0.6) is 0 Å². The van der Waals surface area contributed by atoms with E-state index in [9.17, 15) is 40.2 Å². The first-order chi connectivity index (χ1) is 12.1. The number of carboxylic acids is 1. The molecule has 0 saturated heterocycles. The molecule has 2 aromatic rings.